The van der Waals surface area contributed by atoms with Crippen LogP contribution in [0.2, 0.25) is 0 Å². The third-order valence-corrected chi connectivity index (χ3v) is 12.9. The molecule has 9 rings (SSSR count). The van der Waals surface area contributed by atoms with Crippen LogP contribution in [-0.4, -0.2) is 0 Å². The van der Waals surface area contributed by atoms with Crippen LogP contribution >= 0.6 is 45.3 Å². The van der Waals surface area contributed by atoms with Gasteiger partial charge in [0.2, 0.25) is 0 Å². The van der Waals surface area contributed by atoms with Gasteiger partial charge in [0.15, 0.2) is 0 Å². The average molecular weight is 635 g/mol. The van der Waals surface area contributed by atoms with Crippen LogP contribution < -0.4 is 0 Å². The SMILES string of the molecule is Cc1cc2c(ccc3sc(-c4ccc(-c5ccc(-c6ccc(-c7cc8c(ccc9sc(C)cc98)s7)cc6)cc5)cc4)cc32)s1. The number of fused-ring (bicyclic) bond motifs is 6. The van der Waals surface area contributed by atoms with Gasteiger partial charge < -0.3 is 0 Å². The van der Waals surface area contributed by atoms with E-state index in [1.807, 2.05) is 45.3 Å². The smallest absolute Gasteiger partial charge is 0.0356 e. The number of hydrogen-bond donors (Lipinski definition) is 0. The van der Waals surface area contributed by atoms with Crippen molar-refractivity contribution in [3.63, 3.8) is 0 Å². The molecular weight excluding hydrogens is 609 g/mol. The second-order valence-corrected chi connectivity index (χ2v) is 16.2. The zero-order chi connectivity index (χ0) is 29.4. The quantitative estimate of drug-likeness (QED) is 0.181. The maximum Gasteiger partial charge on any atom is 0.0356 e. The molecule has 0 saturated heterocycles. The van der Waals surface area contributed by atoms with Crippen molar-refractivity contribution in [1.82, 2.24) is 0 Å². The second kappa shape index (κ2) is 10.3. The van der Waals surface area contributed by atoms with Crippen molar-refractivity contribution < 1.29 is 0 Å². The molecule has 0 spiro atoms. The fraction of sp³-hybridized carbons (Fsp3) is 0.0500. The van der Waals surface area contributed by atoms with Crippen LogP contribution in [-0.2, 0) is 0 Å². The molecule has 0 atom stereocenters. The van der Waals surface area contributed by atoms with Crippen LogP contribution in [0, 0.1) is 13.8 Å². The number of hydrogen-bond acceptors (Lipinski definition) is 4. The van der Waals surface area contributed by atoms with E-state index in [9.17, 15) is 0 Å². The van der Waals surface area contributed by atoms with Crippen molar-refractivity contribution in [2.45, 2.75) is 13.8 Å². The van der Waals surface area contributed by atoms with Crippen LogP contribution in [0.15, 0.2) is 121 Å². The fourth-order valence-electron chi connectivity index (χ4n) is 6.31. The molecule has 0 amide bonds. The highest BCUT2D eigenvalue weighted by atomic mass is 32.1. The predicted molar refractivity (Wildman–Crippen MR) is 199 cm³/mol. The number of thiophene rings is 4. The van der Waals surface area contributed by atoms with Gasteiger partial charge in [-0.3, -0.25) is 0 Å². The zero-order valence-corrected chi connectivity index (χ0v) is 27.4. The Kier molecular flexibility index (Phi) is 6.14. The molecule has 0 N–H and O–H groups in total. The standard InChI is InChI=1S/C40H26S4/c1-23-19-31-33-21-39(43-37(33)17-15-35(31)41-23)29-11-7-27(8-12-29)25-3-5-26(6-4-25)28-9-13-30(14-10-28)40-22-34-32-20-24(2)42-36(32)16-18-38(34)44-40/h3-22H,1-2H3. The lowest BCUT2D eigenvalue weighted by molar-refractivity contribution is 1.59. The minimum atomic E-state index is 1.24. The van der Waals surface area contributed by atoms with Crippen LogP contribution in [0.1, 0.15) is 9.75 Å². The van der Waals surface area contributed by atoms with Crippen molar-refractivity contribution in [2.75, 3.05) is 0 Å². The minimum absolute atomic E-state index is 1.24. The van der Waals surface area contributed by atoms with E-state index in [0.29, 0.717) is 0 Å². The lowest BCUT2D eigenvalue weighted by Gasteiger charge is -2.07. The summed E-state index contributed by atoms with van der Waals surface area (Å²) in [7, 11) is 0. The summed E-state index contributed by atoms with van der Waals surface area (Å²) in [6, 6.07) is 45.5. The van der Waals surface area contributed by atoms with E-state index < -0.39 is 0 Å². The molecule has 210 valence electrons. The predicted octanol–water partition coefficient (Wildman–Crippen LogP) is 13.8. The normalized spacial score (nSPS) is 11.9. The van der Waals surface area contributed by atoms with E-state index in [1.54, 1.807) is 0 Å². The molecule has 4 heteroatoms. The van der Waals surface area contributed by atoms with Gasteiger partial charge >= 0.3 is 0 Å². The highest BCUT2D eigenvalue weighted by Crippen LogP contribution is 2.42. The van der Waals surface area contributed by atoms with Crippen molar-refractivity contribution in [2.24, 2.45) is 0 Å². The molecule has 4 aromatic heterocycles. The van der Waals surface area contributed by atoms with E-state index in [2.05, 4.69) is 135 Å². The Morgan fingerprint density at radius 2 is 0.568 bits per heavy atom. The Bertz CT molecular complexity index is 2300. The van der Waals surface area contributed by atoms with Gasteiger partial charge in [-0.05, 0) is 95.8 Å². The van der Waals surface area contributed by atoms with Crippen molar-refractivity contribution >= 4 is 85.7 Å². The lowest BCUT2D eigenvalue weighted by Crippen LogP contribution is -1.82. The third-order valence-electron chi connectivity index (χ3n) is 8.53. The highest BCUT2D eigenvalue weighted by molar-refractivity contribution is 7.23. The van der Waals surface area contributed by atoms with Gasteiger partial charge in [-0.1, -0.05) is 72.8 Å². The molecule has 0 fully saturated rings. The zero-order valence-electron chi connectivity index (χ0n) is 24.2. The second-order valence-electron chi connectivity index (χ2n) is 11.4. The molecule has 44 heavy (non-hydrogen) atoms. The maximum atomic E-state index is 2.37. The van der Waals surface area contributed by atoms with E-state index >= 15 is 0 Å². The molecular formula is C40H26S4. The molecule has 0 aliphatic carbocycles. The molecule has 0 aliphatic rings. The summed E-state index contributed by atoms with van der Waals surface area (Å²) < 4.78 is 5.47. The van der Waals surface area contributed by atoms with E-state index in [1.165, 1.54) is 93.2 Å². The van der Waals surface area contributed by atoms with E-state index in [0.717, 1.165) is 0 Å². The number of aryl methyl sites for hydroxylation is 2. The van der Waals surface area contributed by atoms with Gasteiger partial charge in [-0.25, -0.2) is 0 Å². The minimum Gasteiger partial charge on any atom is -0.141 e. The monoisotopic (exact) mass is 634 g/mol. The van der Waals surface area contributed by atoms with Crippen LogP contribution in [0.3, 0.4) is 0 Å². The molecule has 0 aliphatic heterocycles. The van der Waals surface area contributed by atoms with Gasteiger partial charge in [0.1, 0.15) is 0 Å². The molecule has 0 nitrogen and oxygen atoms in total. The summed E-state index contributed by atoms with van der Waals surface area (Å²) in [5.74, 6) is 0. The first-order valence-electron chi connectivity index (χ1n) is 14.7. The molecule has 0 radical (unpaired) electrons. The summed E-state index contributed by atoms with van der Waals surface area (Å²) in [6.07, 6.45) is 0. The average Bonchev–Trinajstić information content (AvgIpc) is 3.84. The maximum absolute atomic E-state index is 2.37. The van der Waals surface area contributed by atoms with Crippen molar-refractivity contribution in [3.8, 4) is 43.1 Å². The Labute approximate surface area is 272 Å². The summed E-state index contributed by atoms with van der Waals surface area (Å²) >= 11 is 7.52. The molecule has 0 saturated carbocycles. The first kappa shape index (κ1) is 26.4. The van der Waals surface area contributed by atoms with Gasteiger partial charge in [0.25, 0.3) is 0 Å². The third kappa shape index (κ3) is 4.44. The van der Waals surface area contributed by atoms with E-state index in [-0.39, 0.29) is 0 Å². The molecule has 0 unspecified atom stereocenters. The number of benzene rings is 5. The van der Waals surface area contributed by atoms with Crippen LogP contribution in [0.4, 0.5) is 0 Å². The molecule has 5 aromatic carbocycles. The highest BCUT2D eigenvalue weighted by Gasteiger charge is 2.12. The van der Waals surface area contributed by atoms with Gasteiger partial charge in [-0.15, -0.1) is 45.3 Å². The van der Waals surface area contributed by atoms with Gasteiger partial charge in [0.05, 0.1) is 0 Å². The largest absolute Gasteiger partial charge is 0.141 e. The van der Waals surface area contributed by atoms with Gasteiger partial charge in [0, 0.05) is 59.9 Å². The first-order chi connectivity index (χ1) is 21.6. The van der Waals surface area contributed by atoms with Crippen LogP contribution in [0.25, 0.3) is 83.5 Å². The lowest BCUT2D eigenvalue weighted by atomic mass is 9.98. The Morgan fingerprint density at radius 3 is 0.909 bits per heavy atom. The number of rotatable bonds is 4. The first-order valence-corrected chi connectivity index (χ1v) is 18.0. The topological polar surface area (TPSA) is 0 Å². The summed E-state index contributed by atoms with van der Waals surface area (Å²) in [4.78, 5) is 5.39. The molecule has 0 bridgehead atoms. The van der Waals surface area contributed by atoms with Crippen molar-refractivity contribution in [3.05, 3.63) is 131 Å². The summed E-state index contributed by atoms with van der Waals surface area (Å²) in [5, 5.41) is 5.51. The Morgan fingerprint density at radius 1 is 0.295 bits per heavy atom. The van der Waals surface area contributed by atoms with Crippen LogP contribution in [0.5, 0.6) is 0 Å². The summed E-state index contributed by atoms with van der Waals surface area (Å²) in [6.45, 7) is 4.39. The van der Waals surface area contributed by atoms with Crippen molar-refractivity contribution in [1.29, 1.82) is 0 Å². The van der Waals surface area contributed by atoms with E-state index in [4.69, 9.17) is 0 Å². The fourth-order valence-corrected chi connectivity index (χ4v) is 10.4. The van der Waals surface area contributed by atoms with Gasteiger partial charge in [-0.2, -0.15) is 0 Å². The Hall–Kier alpha value is -4.06. The Balaban J connectivity index is 0.954. The molecule has 9 aromatic rings. The summed E-state index contributed by atoms with van der Waals surface area (Å²) in [5.41, 5.74) is 7.52. The molecule has 4 heterocycles.